The molecule has 1 saturated heterocycles. The monoisotopic (exact) mass is 319 g/mol. The number of nitrogens with zero attached hydrogens (tertiary/aromatic N) is 2. The zero-order valence-electron chi connectivity index (χ0n) is 13.1. The van der Waals surface area contributed by atoms with Crippen molar-refractivity contribution >= 4 is 28.4 Å². The van der Waals surface area contributed by atoms with Gasteiger partial charge in [0.1, 0.15) is 0 Å². The molecule has 5 heteroatoms. The van der Waals surface area contributed by atoms with Gasteiger partial charge in [-0.1, -0.05) is 30.3 Å². The molecule has 1 aromatic heterocycles. The van der Waals surface area contributed by atoms with Gasteiger partial charge in [0.05, 0.1) is 18.8 Å². The van der Waals surface area contributed by atoms with E-state index >= 15 is 0 Å². The Labute approximate surface area is 139 Å². The van der Waals surface area contributed by atoms with E-state index in [1.54, 1.807) is 0 Å². The van der Waals surface area contributed by atoms with Crippen LogP contribution in [0.1, 0.15) is 5.56 Å². The molecular formula is C19H17N3O2. The third-order valence-corrected chi connectivity index (χ3v) is 4.26. The maximum absolute atomic E-state index is 12.5. The van der Waals surface area contributed by atoms with Gasteiger partial charge in [0.25, 0.3) is 0 Å². The summed E-state index contributed by atoms with van der Waals surface area (Å²) in [4.78, 5) is 31.4. The van der Waals surface area contributed by atoms with Crippen molar-refractivity contribution in [3.8, 4) is 0 Å². The van der Waals surface area contributed by atoms with Crippen LogP contribution in [-0.2, 0) is 16.1 Å². The number of nitrogens with one attached hydrogen (secondary N) is 1. The average Bonchev–Trinajstić information content (AvgIpc) is 3.03. The molecule has 24 heavy (non-hydrogen) atoms. The quantitative estimate of drug-likeness (QED) is 0.755. The molecular weight excluding hydrogens is 302 g/mol. The third-order valence-electron chi connectivity index (χ3n) is 4.26. The zero-order chi connectivity index (χ0) is 16.5. The van der Waals surface area contributed by atoms with E-state index in [2.05, 4.69) is 4.98 Å². The Morgan fingerprint density at radius 2 is 1.67 bits per heavy atom. The average molecular weight is 319 g/mol. The molecule has 0 atom stereocenters. The third kappa shape index (κ3) is 2.70. The van der Waals surface area contributed by atoms with Gasteiger partial charge >= 0.3 is 0 Å². The summed E-state index contributed by atoms with van der Waals surface area (Å²) in [7, 11) is 0. The SMILES string of the molecule is O=C1CN(Cc2ccccc2)CC(=O)N1c1ccc2[nH]ccc2c1. The summed E-state index contributed by atoms with van der Waals surface area (Å²) < 4.78 is 0. The minimum Gasteiger partial charge on any atom is -0.361 e. The first-order valence-corrected chi connectivity index (χ1v) is 7.90. The maximum atomic E-state index is 12.5. The summed E-state index contributed by atoms with van der Waals surface area (Å²) in [5, 5.41) is 0.986. The number of aromatic amines is 1. The summed E-state index contributed by atoms with van der Waals surface area (Å²) in [5.74, 6) is -0.367. The Hall–Kier alpha value is -2.92. The summed E-state index contributed by atoms with van der Waals surface area (Å²) >= 11 is 0. The highest BCUT2D eigenvalue weighted by Gasteiger charge is 2.32. The Morgan fingerprint density at radius 1 is 0.917 bits per heavy atom. The van der Waals surface area contributed by atoms with Gasteiger partial charge in [0.15, 0.2) is 0 Å². The number of amides is 2. The number of rotatable bonds is 3. The first-order chi connectivity index (χ1) is 11.7. The van der Waals surface area contributed by atoms with Crippen molar-refractivity contribution < 1.29 is 9.59 Å². The number of carbonyl (C=O) groups is 2. The van der Waals surface area contributed by atoms with Gasteiger partial charge in [0.2, 0.25) is 11.8 Å². The molecule has 1 aliphatic heterocycles. The summed E-state index contributed by atoms with van der Waals surface area (Å²) in [6.07, 6.45) is 1.84. The summed E-state index contributed by atoms with van der Waals surface area (Å²) in [6.45, 7) is 1.08. The molecule has 4 rings (SSSR count). The van der Waals surface area contributed by atoms with Crippen LogP contribution in [0.25, 0.3) is 10.9 Å². The van der Waals surface area contributed by atoms with Crippen LogP contribution in [0.15, 0.2) is 60.8 Å². The first kappa shape index (κ1) is 14.7. The van der Waals surface area contributed by atoms with Crippen molar-refractivity contribution in [2.24, 2.45) is 0 Å². The lowest BCUT2D eigenvalue weighted by Gasteiger charge is -2.32. The van der Waals surface area contributed by atoms with Gasteiger partial charge in [-0.2, -0.15) is 0 Å². The van der Waals surface area contributed by atoms with Gasteiger partial charge in [-0.25, -0.2) is 4.90 Å². The van der Waals surface area contributed by atoms with E-state index in [1.807, 2.05) is 65.7 Å². The maximum Gasteiger partial charge on any atom is 0.247 e. The molecule has 2 heterocycles. The van der Waals surface area contributed by atoms with E-state index < -0.39 is 0 Å². The molecule has 0 saturated carbocycles. The molecule has 1 N–H and O–H groups in total. The Morgan fingerprint density at radius 3 is 2.42 bits per heavy atom. The van der Waals surface area contributed by atoms with E-state index in [0.29, 0.717) is 12.2 Å². The molecule has 1 aliphatic rings. The highest BCUT2D eigenvalue weighted by Crippen LogP contribution is 2.24. The van der Waals surface area contributed by atoms with E-state index in [9.17, 15) is 9.59 Å². The highest BCUT2D eigenvalue weighted by atomic mass is 16.2. The lowest BCUT2D eigenvalue weighted by molar-refractivity contribution is -0.132. The second-order valence-electron chi connectivity index (χ2n) is 6.00. The van der Waals surface area contributed by atoms with Gasteiger partial charge < -0.3 is 4.98 Å². The second kappa shape index (κ2) is 5.94. The molecule has 0 radical (unpaired) electrons. The van der Waals surface area contributed by atoms with Crippen LogP contribution >= 0.6 is 0 Å². The fourth-order valence-electron chi connectivity index (χ4n) is 3.14. The van der Waals surface area contributed by atoms with Gasteiger partial charge in [-0.05, 0) is 29.8 Å². The number of fused-ring (bicyclic) bond motifs is 1. The van der Waals surface area contributed by atoms with Crippen molar-refractivity contribution in [3.63, 3.8) is 0 Å². The van der Waals surface area contributed by atoms with Gasteiger partial charge in [-0.3, -0.25) is 14.5 Å². The number of benzene rings is 2. The number of piperazine rings is 1. The fourth-order valence-corrected chi connectivity index (χ4v) is 3.14. The van der Waals surface area contributed by atoms with Crippen LogP contribution < -0.4 is 4.90 Å². The van der Waals surface area contributed by atoms with Crippen molar-refractivity contribution in [1.82, 2.24) is 9.88 Å². The van der Waals surface area contributed by atoms with Gasteiger partial charge in [0, 0.05) is 23.6 Å². The first-order valence-electron chi connectivity index (χ1n) is 7.90. The van der Waals surface area contributed by atoms with Crippen LogP contribution in [-0.4, -0.2) is 34.8 Å². The number of anilines is 1. The van der Waals surface area contributed by atoms with Gasteiger partial charge in [-0.15, -0.1) is 0 Å². The molecule has 2 aromatic carbocycles. The molecule has 2 amide bonds. The number of H-pyrrole nitrogens is 1. The van der Waals surface area contributed by atoms with E-state index in [-0.39, 0.29) is 24.9 Å². The normalized spacial score (nSPS) is 16.1. The Bertz CT molecular complexity index is 883. The number of carbonyl (C=O) groups excluding carboxylic acids is 2. The molecule has 3 aromatic rings. The van der Waals surface area contributed by atoms with Crippen LogP contribution in [0, 0.1) is 0 Å². The minimum absolute atomic E-state index is 0.183. The smallest absolute Gasteiger partial charge is 0.247 e. The summed E-state index contributed by atoms with van der Waals surface area (Å²) in [5.41, 5.74) is 2.72. The van der Waals surface area contributed by atoms with Crippen molar-refractivity contribution in [2.75, 3.05) is 18.0 Å². The van der Waals surface area contributed by atoms with Crippen molar-refractivity contribution in [1.29, 1.82) is 0 Å². The predicted molar refractivity (Wildman–Crippen MR) is 92.5 cm³/mol. The number of aromatic nitrogens is 1. The van der Waals surface area contributed by atoms with Crippen LogP contribution in [0.3, 0.4) is 0 Å². The number of hydrogen-bond acceptors (Lipinski definition) is 3. The second-order valence-corrected chi connectivity index (χ2v) is 6.00. The predicted octanol–water partition coefficient (Wildman–Crippen LogP) is 2.54. The fraction of sp³-hybridized carbons (Fsp3) is 0.158. The van der Waals surface area contributed by atoms with Crippen LogP contribution in [0.4, 0.5) is 5.69 Å². The molecule has 1 fully saturated rings. The largest absolute Gasteiger partial charge is 0.361 e. The molecule has 120 valence electrons. The van der Waals surface area contributed by atoms with Crippen LogP contribution in [0.2, 0.25) is 0 Å². The molecule has 0 spiro atoms. The Kier molecular flexibility index (Phi) is 3.63. The number of hydrogen-bond donors (Lipinski definition) is 1. The summed E-state index contributed by atoms with van der Waals surface area (Å²) in [6, 6.07) is 17.4. The number of imide groups is 1. The lowest BCUT2D eigenvalue weighted by atomic mass is 10.1. The zero-order valence-corrected chi connectivity index (χ0v) is 13.1. The molecule has 0 unspecified atom stereocenters. The van der Waals surface area contributed by atoms with Crippen LogP contribution in [0.5, 0.6) is 0 Å². The standard InChI is InChI=1S/C19H17N3O2/c23-18-12-21(11-14-4-2-1-3-5-14)13-19(24)22(18)16-6-7-17-15(10-16)8-9-20-17/h1-10,20H,11-13H2. The molecule has 5 nitrogen and oxygen atoms in total. The topological polar surface area (TPSA) is 56.4 Å². The van der Waals surface area contributed by atoms with Crippen molar-refractivity contribution in [3.05, 3.63) is 66.4 Å². The minimum atomic E-state index is -0.183. The lowest BCUT2D eigenvalue weighted by Crippen LogP contribution is -2.53. The molecule has 0 bridgehead atoms. The van der Waals surface area contributed by atoms with E-state index in [4.69, 9.17) is 0 Å². The van der Waals surface area contributed by atoms with E-state index in [0.717, 1.165) is 16.5 Å². The van der Waals surface area contributed by atoms with Crippen molar-refractivity contribution in [2.45, 2.75) is 6.54 Å². The Balaban J connectivity index is 1.54. The van der Waals surface area contributed by atoms with E-state index in [1.165, 1.54) is 4.90 Å². The molecule has 0 aliphatic carbocycles. The highest BCUT2D eigenvalue weighted by molar-refractivity contribution is 6.18.